The van der Waals surface area contributed by atoms with Crippen molar-refractivity contribution in [3.8, 4) is 5.75 Å². The van der Waals surface area contributed by atoms with E-state index in [-0.39, 0.29) is 16.9 Å². The molecule has 2 amide bonds. The molecule has 0 atom stereocenters. The second-order valence-electron chi connectivity index (χ2n) is 6.42. The Morgan fingerprint density at radius 2 is 1.89 bits per heavy atom. The fourth-order valence-corrected chi connectivity index (χ4v) is 4.60. The summed E-state index contributed by atoms with van der Waals surface area (Å²) in [5, 5.41) is 10.7. The number of primary amides is 2. The fraction of sp³-hybridized carbons (Fsp3) is 0.211. The van der Waals surface area contributed by atoms with Gasteiger partial charge >= 0.3 is 0 Å². The zero-order valence-electron chi connectivity index (χ0n) is 14.3. The lowest BCUT2D eigenvalue weighted by molar-refractivity contribution is 0.0990. The van der Waals surface area contributed by atoms with E-state index in [1.807, 2.05) is 0 Å². The predicted molar refractivity (Wildman–Crippen MR) is 101 cm³/mol. The average Bonchev–Trinajstić information content (AvgIpc) is 2.98. The number of benzene rings is 1. The first-order valence-corrected chi connectivity index (χ1v) is 9.31. The van der Waals surface area contributed by atoms with E-state index < -0.39 is 11.8 Å². The first-order valence-electron chi connectivity index (χ1n) is 8.50. The number of aromatic hydroxyl groups is 1. The van der Waals surface area contributed by atoms with Crippen molar-refractivity contribution in [1.82, 2.24) is 0 Å². The molecule has 4 rings (SSSR count). The molecule has 8 heteroatoms. The monoisotopic (exact) mass is 383 g/mol. The Kier molecular flexibility index (Phi) is 4.19. The van der Waals surface area contributed by atoms with Gasteiger partial charge in [-0.05, 0) is 49.4 Å². The third kappa shape index (κ3) is 3.08. The molecule has 0 spiro atoms. The molecule has 0 saturated heterocycles. The Balaban J connectivity index is 2.00. The fourth-order valence-electron chi connectivity index (χ4n) is 3.34. The van der Waals surface area contributed by atoms with E-state index in [0.29, 0.717) is 21.5 Å². The van der Waals surface area contributed by atoms with E-state index >= 15 is 0 Å². The molecule has 138 valence electrons. The van der Waals surface area contributed by atoms with Crippen molar-refractivity contribution < 1.29 is 19.1 Å². The molecular weight excluding hydrogens is 366 g/mol. The Morgan fingerprint density at radius 3 is 2.63 bits per heavy atom. The summed E-state index contributed by atoms with van der Waals surface area (Å²) < 4.78 is 5.73. The summed E-state index contributed by atoms with van der Waals surface area (Å²) in [6.45, 7) is 0. The summed E-state index contributed by atoms with van der Waals surface area (Å²) in [6, 6.07) is 6.07. The molecular formula is C19H17N3O4S. The summed E-state index contributed by atoms with van der Waals surface area (Å²) in [7, 11) is 0. The lowest BCUT2D eigenvalue weighted by atomic mass is 9.95. The molecule has 2 heterocycles. The van der Waals surface area contributed by atoms with E-state index in [0.717, 1.165) is 36.1 Å². The number of carbonyl (C=O) groups is 2. The van der Waals surface area contributed by atoms with Crippen LogP contribution in [0, 0.1) is 0 Å². The van der Waals surface area contributed by atoms with Gasteiger partial charge in [0.2, 0.25) is 5.55 Å². The van der Waals surface area contributed by atoms with Gasteiger partial charge in [-0.1, -0.05) is 0 Å². The van der Waals surface area contributed by atoms with Crippen molar-refractivity contribution in [3.63, 3.8) is 0 Å². The number of phenolic OH excluding ortho intramolecular Hbond substituents is 1. The first-order chi connectivity index (χ1) is 12.9. The van der Waals surface area contributed by atoms with Crippen LogP contribution in [0.4, 0.5) is 5.00 Å². The maximum Gasteiger partial charge on any atom is 0.254 e. The lowest BCUT2D eigenvalue weighted by Crippen LogP contribution is -2.22. The highest BCUT2D eigenvalue weighted by molar-refractivity contribution is 7.16. The minimum atomic E-state index is -0.700. The van der Waals surface area contributed by atoms with Gasteiger partial charge in [0.15, 0.2) is 0 Å². The number of nitrogens with two attached hydrogens (primary N) is 2. The number of thiophene rings is 1. The van der Waals surface area contributed by atoms with Crippen molar-refractivity contribution in [2.24, 2.45) is 16.5 Å². The highest BCUT2D eigenvalue weighted by Gasteiger charge is 2.24. The molecule has 0 bridgehead atoms. The molecule has 1 aromatic carbocycles. The van der Waals surface area contributed by atoms with Gasteiger partial charge in [0, 0.05) is 16.3 Å². The number of fused-ring (bicyclic) bond motifs is 2. The largest absolute Gasteiger partial charge is 0.508 e. The van der Waals surface area contributed by atoms with Gasteiger partial charge in [0.1, 0.15) is 21.9 Å². The maximum absolute atomic E-state index is 12.0. The maximum atomic E-state index is 12.0. The SMILES string of the molecule is NC(=O)c1c(/N=c2\oc3cc(O)ccc3cc2C(N)=O)sc2c1CCCC2. The van der Waals surface area contributed by atoms with Gasteiger partial charge in [-0.25, -0.2) is 4.99 Å². The van der Waals surface area contributed by atoms with E-state index in [1.54, 1.807) is 12.1 Å². The number of hydrogen-bond acceptors (Lipinski definition) is 6. The van der Waals surface area contributed by atoms with Crippen molar-refractivity contribution in [2.45, 2.75) is 25.7 Å². The normalized spacial score (nSPS) is 14.3. The minimum absolute atomic E-state index is 0.0123. The van der Waals surface area contributed by atoms with Crippen molar-refractivity contribution in [2.75, 3.05) is 0 Å². The Hall–Kier alpha value is -3.13. The third-order valence-electron chi connectivity index (χ3n) is 4.60. The van der Waals surface area contributed by atoms with Crippen LogP contribution in [0.25, 0.3) is 11.0 Å². The molecule has 0 fully saturated rings. The molecule has 0 radical (unpaired) electrons. The number of hydrogen-bond donors (Lipinski definition) is 3. The highest BCUT2D eigenvalue weighted by Crippen LogP contribution is 2.39. The van der Waals surface area contributed by atoms with Crippen LogP contribution in [0.15, 0.2) is 33.7 Å². The molecule has 0 aliphatic heterocycles. The predicted octanol–water partition coefficient (Wildman–Crippen LogP) is 2.51. The number of amides is 2. The van der Waals surface area contributed by atoms with Crippen LogP contribution in [0.1, 0.15) is 44.0 Å². The third-order valence-corrected chi connectivity index (χ3v) is 5.79. The van der Waals surface area contributed by atoms with Gasteiger partial charge < -0.3 is 21.0 Å². The van der Waals surface area contributed by atoms with E-state index in [9.17, 15) is 14.7 Å². The molecule has 7 nitrogen and oxygen atoms in total. The number of carbonyl (C=O) groups excluding carboxylic acids is 2. The van der Waals surface area contributed by atoms with E-state index in [4.69, 9.17) is 15.9 Å². The molecule has 0 unspecified atom stereocenters. The number of nitrogens with zero attached hydrogens (tertiary/aromatic N) is 1. The van der Waals surface area contributed by atoms with Crippen LogP contribution >= 0.6 is 11.3 Å². The summed E-state index contributed by atoms with van der Waals surface area (Å²) >= 11 is 1.39. The molecule has 3 aromatic rings. The summed E-state index contributed by atoms with van der Waals surface area (Å²) in [5.74, 6) is -1.23. The molecule has 5 N–H and O–H groups in total. The Morgan fingerprint density at radius 1 is 1.11 bits per heavy atom. The van der Waals surface area contributed by atoms with Crippen LogP contribution in [-0.2, 0) is 12.8 Å². The Bertz CT molecular complexity index is 1160. The second kappa shape index (κ2) is 6.55. The van der Waals surface area contributed by atoms with Crippen LogP contribution in [0.3, 0.4) is 0 Å². The number of rotatable bonds is 3. The van der Waals surface area contributed by atoms with Crippen LogP contribution in [0.5, 0.6) is 5.75 Å². The quantitative estimate of drug-likeness (QED) is 0.641. The van der Waals surface area contributed by atoms with Gasteiger partial charge in [-0.3, -0.25) is 9.59 Å². The van der Waals surface area contributed by atoms with Gasteiger partial charge in [-0.15, -0.1) is 11.3 Å². The zero-order valence-corrected chi connectivity index (χ0v) is 15.1. The smallest absolute Gasteiger partial charge is 0.254 e. The van der Waals surface area contributed by atoms with Crippen LogP contribution < -0.4 is 17.0 Å². The Labute approximate surface area is 157 Å². The van der Waals surface area contributed by atoms with Gasteiger partial charge in [-0.2, -0.15) is 0 Å². The van der Waals surface area contributed by atoms with Crippen molar-refractivity contribution in [1.29, 1.82) is 0 Å². The van der Waals surface area contributed by atoms with E-state index in [2.05, 4.69) is 4.99 Å². The summed E-state index contributed by atoms with van der Waals surface area (Å²) in [5.41, 5.74) is 12.8. The molecule has 2 aromatic heterocycles. The number of aryl methyl sites for hydroxylation is 1. The second-order valence-corrected chi connectivity index (χ2v) is 7.50. The highest BCUT2D eigenvalue weighted by atomic mass is 32.1. The van der Waals surface area contributed by atoms with Crippen molar-refractivity contribution in [3.05, 3.63) is 51.4 Å². The zero-order chi connectivity index (χ0) is 19.1. The number of phenols is 1. The minimum Gasteiger partial charge on any atom is -0.508 e. The average molecular weight is 383 g/mol. The lowest BCUT2D eigenvalue weighted by Gasteiger charge is -2.10. The van der Waals surface area contributed by atoms with Crippen molar-refractivity contribution >= 4 is 39.1 Å². The van der Waals surface area contributed by atoms with Gasteiger partial charge in [0.05, 0.1) is 5.56 Å². The van der Waals surface area contributed by atoms with Crippen LogP contribution in [0.2, 0.25) is 0 Å². The van der Waals surface area contributed by atoms with Crippen LogP contribution in [-0.4, -0.2) is 16.9 Å². The molecule has 0 saturated carbocycles. The molecule has 27 heavy (non-hydrogen) atoms. The topological polar surface area (TPSA) is 132 Å². The molecule has 1 aliphatic rings. The summed E-state index contributed by atoms with van der Waals surface area (Å²) in [4.78, 5) is 29.5. The van der Waals surface area contributed by atoms with Gasteiger partial charge in [0.25, 0.3) is 11.8 Å². The summed E-state index contributed by atoms with van der Waals surface area (Å²) in [6.07, 6.45) is 3.71. The first kappa shape index (κ1) is 17.3. The molecule has 1 aliphatic carbocycles. The standard InChI is InChI=1S/C19H17N3O4S/c20-16(24)12-7-9-5-6-10(23)8-13(9)26-18(12)22-19-15(17(21)25)11-3-1-2-4-14(11)27-19/h5-8,23H,1-4H2,(H2,20,24)(H2,21,25)/b22-18-. The van der Waals surface area contributed by atoms with E-state index in [1.165, 1.54) is 23.5 Å².